The quantitative estimate of drug-likeness (QED) is 0.281. The second-order valence-corrected chi connectivity index (χ2v) is 11.2. The Bertz CT molecular complexity index is 1320. The van der Waals surface area contributed by atoms with Crippen molar-refractivity contribution >= 4 is 29.0 Å². The van der Waals surface area contributed by atoms with Gasteiger partial charge in [-0.05, 0) is 92.4 Å². The first kappa shape index (κ1) is 29.7. The first-order valence-electron chi connectivity index (χ1n) is 14.9. The Morgan fingerprint density at radius 2 is 1.95 bits per heavy atom. The number of nitrogens with zero attached hydrogens (tertiary/aromatic N) is 4. The number of carbonyl (C=O) groups excluding carboxylic acids is 1. The molecule has 4 heterocycles. The van der Waals surface area contributed by atoms with Gasteiger partial charge in [0.05, 0.1) is 24.7 Å². The Morgan fingerprint density at radius 3 is 2.60 bits per heavy atom. The van der Waals surface area contributed by atoms with E-state index in [0.717, 1.165) is 67.7 Å². The number of hydrogen-bond acceptors (Lipinski definition) is 5. The van der Waals surface area contributed by atoms with Crippen LogP contribution in [0.2, 0.25) is 0 Å². The number of β-amino-alcohol motifs (C(OH)–C–C–N with tert-alkyl or cyclic N) is 1. The molecule has 0 radical (unpaired) electrons. The number of aliphatic hydroxyl groups is 1. The molecule has 0 spiro atoms. The number of amides is 1. The number of rotatable bonds is 6. The molecule has 2 aromatic heterocycles. The highest BCUT2D eigenvalue weighted by molar-refractivity contribution is 5.92. The van der Waals surface area contributed by atoms with Crippen molar-refractivity contribution in [3.05, 3.63) is 47.2 Å². The molecule has 5 rings (SSSR count). The van der Waals surface area contributed by atoms with E-state index in [9.17, 15) is 9.90 Å². The van der Waals surface area contributed by atoms with Crippen molar-refractivity contribution in [2.24, 2.45) is 10.7 Å². The van der Waals surface area contributed by atoms with Crippen molar-refractivity contribution in [3.8, 4) is 11.3 Å². The number of nitrogens with two attached hydrogens (primary N) is 1. The number of likely N-dealkylation sites (tertiary alicyclic amines) is 2. The molecule has 4 N–H and O–H groups in total. The number of nitrogens with one attached hydrogen (secondary N) is 1. The molecule has 0 saturated carbocycles. The molecule has 2 fully saturated rings. The topological polar surface area (TPSA) is 111 Å². The normalized spacial score (nSPS) is 18.9. The number of benzene rings is 1. The molecule has 2 aliphatic rings. The van der Waals surface area contributed by atoms with Gasteiger partial charge in [0.25, 0.3) is 0 Å². The van der Waals surface area contributed by atoms with E-state index in [1.807, 2.05) is 31.9 Å². The van der Waals surface area contributed by atoms with Crippen molar-refractivity contribution < 1.29 is 9.90 Å². The standard InChI is InChI=1S/C30H40N6O2.C2H6/c1-19(2)28-25-14-22(6-7-26(25)34-29(28)23-13-20(3)30(32-15-23)33-18-31)21-8-11-35(12-9-21)17-27(38)36-10-4-5-24(37)16-36;1-2/h6-7,13-15,18-19,21,24,34,37H,4-5,8-12,16-17H2,1-3H3,(H2,31,32,33);1-2H3/t24-;/m0./s1. The number of fused-ring (bicyclic) bond motifs is 1. The smallest absolute Gasteiger partial charge is 0.236 e. The van der Waals surface area contributed by atoms with Crippen LogP contribution in [-0.4, -0.2) is 75.9 Å². The van der Waals surface area contributed by atoms with Gasteiger partial charge in [-0.15, -0.1) is 0 Å². The molecule has 1 atom stereocenters. The van der Waals surface area contributed by atoms with E-state index in [-0.39, 0.29) is 12.0 Å². The molecular weight excluding hydrogens is 500 g/mol. The molecule has 216 valence electrons. The summed E-state index contributed by atoms with van der Waals surface area (Å²) in [6.45, 7) is 14.0. The van der Waals surface area contributed by atoms with E-state index in [2.05, 4.69) is 58.0 Å². The van der Waals surface area contributed by atoms with E-state index in [1.165, 1.54) is 22.9 Å². The SMILES string of the molecule is CC.Cc1cc(-c2[nH]c3ccc(C4CCN(CC(=O)N5CCC[C@H](O)C5)CC4)cc3c2C(C)C)cnc1N=CN. The lowest BCUT2D eigenvalue weighted by molar-refractivity contribution is -0.135. The molecule has 0 aliphatic carbocycles. The molecule has 40 heavy (non-hydrogen) atoms. The predicted molar refractivity (Wildman–Crippen MR) is 164 cm³/mol. The van der Waals surface area contributed by atoms with Crippen LogP contribution < -0.4 is 5.73 Å². The number of aromatic nitrogens is 2. The van der Waals surface area contributed by atoms with Gasteiger partial charge in [0.15, 0.2) is 5.82 Å². The number of carbonyl (C=O) groups is 1. The Labute approximate surface area is 238 Å². The van der Waals surface area contributed by atoms with Crippen LogP contribution in [0, 0.1) is 6.92 Å². The third-order valence-corrected chi connectivity index (χ3v) is 8.14. The minimum absolute atomic E-state index is 0.151. The minimum atomic E-state index is -0.372. The number of aromatic amines is 1. The number of pyridine rings is 1. The summed E-state index contributed by atoms with van der Waals surface area (Å²) in [6, 6.07) is 8.97. The monoisotopic (exact) mass is 546 g/mol. The number of piperidine rings is 2. The fourth-order valence-corrected chi connectivity index (χ4v) is 6.12. The molecular formula is C32H46N6O2. The summed E-state index contributed by atoms with van der Waals surface area (Å²) >= 11 is 0. The number of aliphatic hydroxyl groups excluding tert-OH is 1. The van der Waals surface area contributed by atoms with Gasteiger partial charge in [-0.3, -0.25) is 9.69 Å². The molecule has 0 unspecified atom stereocenters. The second-order valence-electron chi connectivity index (χ2n) is 11.2. The average Bonchev–Trinajstić information content (AvgIpc) is 3.35. The van der Waals surface area contributed by atoms with E-state index < -0.39 is 0 Å². The zero-order valence-electron chi connectivity index (χ0n) is 24.8. The first-order chi connectivity index (χ1) is 19.3. The van der Waals surface area contributed by atoms with Crippen molar-refractivity contribution in [1.29, 1.82) is 0 Å². The Morgan fingerprint density at radius 1 is 1.20 bits per heavy atom. The highest BCUT2D eigenvalue weighted by Gasteiger charge is 2.27. The van der Waals surface area contributed by atoms with E-state index in [0.29, 0.717) is 30.7 Å². The van der Waals surface area contributed by atoms with Gasteiger partial charge < -0.3 is 20.7 Å². The van der Waals surface area contributed by atoms with Crippen LogP contribution >= 0.6 is 0 Å². The van der Waals surface area contributed by atoms with Gasteiger partial charge in [-0.2, -0.15) is 0 Å². The van der Waals surface area contributed by atoms with Gasteiger partial charge in [0, 0.05) is 35.8 Å². The van der Waals surface area contributed by atoms with Crippen LogP contribution in [0.5, 0.6) is 0 Å². The summed E-state index contributed by atoms with van der Waals surface area (Å²) in [6.07, 6.45) is 6.55. The second kappa shape index (κ2) is 13.4. The lowest BCUT2D eigenvalue weighted by atomic mass is 9.87. The third kappa shape index (κ3) is 6.56. The molecule has 1 amide bonds. The van der Waals surface area contributed by atoms with Gasteiger partial charge in [-0.25, -0.2) is 9.98 Å². The van der Waals surface area contributed by atoms with Crippen LogP contribution in [0.3, 0.4) is 0 Å². The maximum absolute atomic E-state index is 12.8. The molecule has 1 aromatic carbocycles. The average molecular weight is 547 g/mol. The maximum Gasteiger partial charge on any atom is 0.236 e. The van der Waals surface area contributed by atoms with Crippen LogP contribution in [0.25, 0.3) is 22.2 Å². The first-order valence-corrected chi connectivity index (χ1v) is 14.9. The van der Waals surface area contributed by atoms with Crippen molar-refractivity contribution in [2.75, 3.05) is 32.7 Å². The van der Waals surface area contributed by atoms with E-state index >= 15 is 0 Å². The summed E-state index contributed by atoms with van der Waals surface area (Å²) in [7, 11) is 0. The summed E-state index contributed by atoms with van der Waals surface area (Å²) in [5.74, 6) is 1.62. The van der Waals surface area contributed by atoms with Crippen molar-refractivity contribution in [2.45, 2.75) is 78.2 Å². The highest BCUT2D eigenvalue weighted by atomic mass is 16.3. The van der Waals surface area contributed by atoms with E-state index in [1.54, 1.807) is 0 Å². The number of aryl methyl sites for hydroxylation is 1. The van der Waals surface area contributed by atoms with Crippen molar-refractivity contribution in [1.82, 2.24) is 19.8 Å². The van der Waals surface area contributed by atoms with Crippen molar-refractivity contribution in [3.63, 3.8) is 0 Å². The van der Waals surface area contributed by atoms with E-state index in [4.69, 9.17) is 5.73 Å². The van der Waals surface area contributed by atoms with Crippen LogP contribution in [-0.2, 0) is 4.79 Å². The third-order valence-electron chi connectivity index (χ3n) is 8.14. The van der Waals surface area contributed by atoms with Gasteiger partial charge >= 0.3 is 0 Å². The van der Waals surface area contributed by atoms with Gasteiger partial charge in [0.1, 0.15) is 0 Å². The van der Waals surface area contributed by atoms with Crippen LogP contribution in [0.1, 0.15) is 81.9 Å². The fraction of sp³-hybridized carbons (Fsp3) is 0.531. The number of H-pyrrole nitrogens is 1. The van der Waals surface area contributed by atoms with Crippen LogP contribution in [0.15, 0.2) is 35.5 Å². The largest absolute Gasteiger partial charge is 0.391 e. The zero-order chi connectivity index (χ0) is 28.8. The summed E-state index contributed by atoms with van der Waals surface area (Å²) in [4.78, 5) is 29.2. The molecule has 8 nitrogen and oxygen atoms in total. The maximum atomic E-state index is 12.8. The molecule has 2 saturated heterocycles. The fourth-order valence-electron chi connectivity index (χ4n) is 6.12. The lowest BCUT2D eigenvalue weighted by Crippen LogP contribution is -2.47. The summed E-state index contributed by atoms with van der Waals surface area (Å²) in [5.41, 5.74) is 12.4. The van der Waals surface area contributed by atoms with Gasteiger partial charge in [0.2, 0.25) is 5.91 Å². The summed E-state index contributed by atoms with van der Waals surface area (Å²) in [5, 5.41) is 11.2. The Hall–Kier alpha value is -3.23. The number of aliphatic imine (C=N–C) groups is 1. The zero-order valence-corrected chi connectivity index (χ0v) is 24.8. The Kier molecular flexibility index (Phi) is 9.98. The molecule has 3 aromatic rings. The minimum Gasteiger partial charge on any atom is -0.391 e. The highest BCUT2D eigenvalue weighted by Crippen LogP contribution is 2.38. The lowest BCUT2D eigenvalue weighted by Gasteiger charge is -2.35. The predicted octanol–water partition coefficient (Wildman–Crippen LogP) is 5.47. The molecule has 2 aliphatic heterocycles. The number of hydrogen-bond donors (Lipinski definition) is 3. The van der Waals surface area contributed by atoms with Gasteiger partial charge in [-0.1, -0.05) is 33.8 Å². The molecule has 8 heteroatoms. The summed E-state index contributed by atoms with van der Waals surface area (Å²) < 4.78 is 0. The van der Waals surface area contributed by atoms with Crippen LogP contribution in [0.4, 0.5) is 5.82 Å². The Balaban J connectivity index is 0.00000181. The molecule has 0 bridgehead atoms.